The number of thiocarbonyl (C=S) groups is 1. The number of hydrogen-bond donors (Lipinski definition) is 2. The molecule has 1 saturated heterocycles. The van der Waals surface area contributed by atoms with Crippen LogP contribution in [0.4, 0.5) is 0 Å². The highest BCUT2D eigenvalue weighted by Gasteiger charge is 2.41. The zero-order valence-electron chi connectivity index (χ0n) is 18.0. The standard InChI is InChI=1S/C23H33BrN4S/c1-5-8-28-13-15(25-23(29)27(6-2)7-3)11-16-17-9-14(4)10-19-21(17)18(12-20(16)28)22(24)26-19/h9-10,15-16,20,26H,5-8,11-13H2,1-4H3,(H,25,29)/t15-,16?,20+/m0/s1. The van der Waals surface area contributed by atoms with Crippen molar-refractivity contribution in [2.24, 2.45) is 0 Å². The van der Waals surface area contributed by atoms with Crippen molar-refractivity contribution in [1.29, 1.82) is 0 Å². The molecule has 29 heavy (non-hydrogen) atoms. The van der Waals surface area contributed by atoms with E-state index in [1.807, 2.05) is 0 Å². The molecule has 1 unspecified atom stereocenters. The Morgan fingerprint density at radius 3 is 2.76 bits per heavy atom. The summed E-state index contributed by atoms with van der Waals surface area (Å²) in [5.41, 5.74) is 5.59. The molecule has 1 aliphatic heterocycles. The van der Waals surface area contributed by atoms with E-state index in [1.54, 1.807) is 0 Å². The minimum Gasteiger partial charge on any atom is -0.359 e. The molecule has 4 rings (SSSR count). The Hall–Kier alpha value is -1.11. The molecular formula is C23H33BrN4S. The van der Waals surface area contributed by atoms with Gasteiger partial charge in [0.05, 0.1) is 4.60 Å². The number of likely N-dealkylation sites (tertiary alicyclic amines) is 1. The number of piperidine rings is 1. The SMILES string of the molecule is CCCN1C[C@@H](NC(=S)N(CC)CC)CC2c3cc(C)cc4[nH]c(Br)c(c34)C[C@H]21. The van der Waals surface area contributed by atoms with Crippen LogP contribution in [0, 0.1) is 6.92 Å². The van der Waals surface area contributed by atoms with Crippen LogP contribution in [0.3, 0.4) is 0 Å². The first-order valence-electron chi connectivity index (χ1n) is 11.1. The Balaban J connectivity index is 1.69. The van der Waals surface area contributed by atoms with Crippen LogP contribution < -0.4 is 5.32 Å². The Morgan fingerprint density at radius 1 is 1.31 bits per heavy atom. The number of aryl methyl sites for hydroxylation is 1. The summed E-state index contributed by atoms with van der Waals surface area (Å²) in [5, 5.41) is 6.08. The van der Waals surface area contributed by atoms with Gasteiger partial charge in [-0.15, -0.1) is 0 Å². The van der Waals surface area contributed by atoms with Crippen LogP contribution >= 0.6 is 28.1 Å². The number of hydrogen-bond acceptors (Lipinski definition) is 2. The zero-order chi connectivity index (χ0) is 20.7. The summed E-state index contributed by atoms with van der Waals surface area (Å²) in [7, 11) is 0. The average Bonchev–Trinajstić information content (AvgIpc) is 2.99. The zero-order valence-corrected chi connectivity index (χ0v) is 20.4. The van der Waals surface area contributed by atoms with Gasteiger partial charge in [0.1, 0.15) is 0 Å². The smallest absolute Gasteiger partial charge is 0.169 e. The van der Waals surface area contributed by atoms with E-state index >= 15 is 0 Å². The van der Waals surface area contributed by atoms with E-state index < -0.39 is 0 Å². The quantitative estimate of drug-likeness (QED) is 0.598. The molecule has 1 fully saturated rings. The summed E-state index contributed by atoms with van der Waals surface area (Å²) in [6, 6.07) is 5.68. The largest absolute Gasteiger partial charge is 0.359 e. The molecule has 0 spiro atoms. The normalized spacial score (nSPS) is 23.8. The van der Waals surface area contributed by atoms with Crippen LogP contribution in [-0.4, -0.2) is 58.2 Å². The lowest BCUT2D eigenvalue weighted by Crippen LogP contribution is -2.57. The molecule has 1 aliphatic carbocycles. The summed E-state index contributed by atoms with van der Waals surface area (Å²) in [6.45, 7) is 13.0. The van der Waals surface area contributed by atoms with E-state index in [1.165, 1.54) is 34.0 Å². The predicted molar refractivity (Wildman–Crippen MR) is 130 cm³/mol. The number of nitrogens with zero attached hydrogens (tertiary/aromatic N) is 2. The molecular weight excluding hydrogens is 444 g/mol. The van der Waals surface area contributed by atoms with Gasteiger partial charge in [-0.3, -0.25) is 4.90 Å². The molecule has 2 N–H and O–H groups in total. The van der Waals surface area contributed by atoms with Gasteiger partial charge in [0, 0.05) is 48.5 Å². The molecule has 0 amide bonds. The van der Waals surface area contributed by atoms with Gasteiger partial charge >= 0.3 is 0 Å². The lowest BCUT2D eigenvalue weighted by Gasteiger charge is -2.48. The highest BCUT2D eigenvalue weighted by molar-refractivity contribution is 9.10. The van der Waals surface area contributed by atoms with Gasteiger partial charge in [-0.1, -0.05) is 13.0 Å². The Kier molecular flexibility index (Phi) is 6.24. The van der Waals surface area contributed by atoms with E-state index in [4.69, 9.17) is 12.2 Å². The highest BCUT2D eigenvalue weighted by atomic mass is 79.9. The molecule has 1 aromatic carbocycles. The highest BCUT2D eigenvalue weighted by Crippen LogP contribution is 2.46. The van der Waals surface area contributed by atoms with Gasteiger partial charge in [0.25, 0.3) is 0 Å². The second-order valence-corrected chi connectivity index (χ2v) is 9.80. The van der Waals surface area contributed by atoms with Crippen molar-refractivity contribution in [2.45, 2.75) is 65.0 Å². The van der Waals surface area contributed by atoms with Gasteiger partial charge in [0.15, 0.2) is 5.11 Å². The van der Waals surface area contributed by atoms with Crippen LogP contribution in [0.15, 0.2) is 16.7 Å². The van der Waals surface area contributed by atoms with E-state index in [9.17, 15) is 0 Å². The topological polar surface area (TPSA) is 34.3 Å². The molecule has 1 aromatic heterocycles. The maximum atomic E-state index is 5.74. The second kappa shape index (κ2) is 8.56. The number of H-pyrrole nitrogens is 1. The number of fused-ring (bicyclic) bond motifs is 2. The molecule has 2 aliphatic rings. The van der Waals surface area contributed by atoms with Crippen LogP contribution in [0.2, 0.25) is 0 Å². The van der Waals surface area contributed by atoms with E-state index in [0.717, 1.165) is 48.7 Å². The second-order valence-electron chi connectivity index (χ2n) is 8.62. The molecule has 158 valence electrons. The van der Waals surface area contributed by atoms with Gasteiger partial charge in [-0.05, 0) is 97.5 Å². The van der Waals surface area contributed by atoms with Crippen molar-refractivity contribution in [3.63, 3.8) is 0 Å². The number of halogens is 1. The molecule has 0 radical (unpaired) electrons. The third-order valence-corrected chi connectivity index (χ3v) is 7.81. The van der Waals surface area contributed by atoms with Crippen molar-refractivity contribution in [1.82, 2.24) is 20.1 Å². The Morgan fingerprint density at radius 2 is 2.07 bits per heavy atom. The van der Waals surface area contributed by atoms with Crippen LogP contribution in [0.5, 0.6) is 0 Å². The molecule has 4 nitrogen and oxygen atoms in total. The van der Waals surface area contributed by atoms with Gasteiger partial charge < -0.3 is 15.2 Å². The van der Waals surface area contributed by atoms with Crippen molar-refractivity contribution in [2.75, 3.05) is 26.2 Å². The molecule has 3 atom stereocenters. The van der Waals surface area contributed by atoms with Gasteiger partial charge in [-0.2, -0.15) is 0 Å². The fraction of sp³-hybridized carbons (Fsp3) is 0.609. The van der Waals surface area contributed by atoms with E-state index in [0.29, 0.717) is 18.0 Å². The van der Waals surface area contributed by atoms with E-state index in [2.05, 4.69) is 75.9 Å². The monoisotopic (exact) mass is 476 g/mol. The van der Waals surface area contributed by atoms with Crippen molar-refractivity contribution >= 4 is 44.2 Å². The minimum atomic E-state index is 0.399. The van der Waals surface area contributed by atoms with Crippen LogP contribution in [0.25, 0.3) is 10.9 Å². The summed E-state index contributed by atoms with van der Waals surface area (Å²) < 4.78 is 1.16. The number of nitrogens with one attached hydrogen (secondary N) is 2. The summed E-state index contributed by atoms with van der Waals surface area (Å²) in [5.74, 6) is 0.546. The first kappa shape index (κ1) is 21.1. The minimum absolute atomic E-state index is 0.399. The Bertz CT molecular complexity index is 904. The fourth-order valence-electron chi connectivity index (χ4n) is 5.49. The molecule has 0 bridgehead atoms. The summed E-state index contributed by atoms with van der Waals surface area (Å²) >= 11 is 9.55. The van der Waals surface area contributed by atoms with Gasteiger partial charge in [0.2, 0.25) is 0 Å². The lowest BCUT2D eigenvalue weighted by atomic mass is 9.73. The molecule has 0 saturated carbocycles. The predicted octanol–water partition coefficient (Wildman–Crippen LogP) is 4.95. The average molecular weight is 478 g/mol. The number of benzene rings is 1. The van der Waals surface area contributed by atoms with Crippen molar-refractivity contribution in [3.05, 3.63) is 33.4 Å². The maximum Gasteiger partial charge on any atom is 0.169 e. The summed E-state index contributed by atoms with van der Waals surface area (Å²) in [6.07, 6.45) is 3.45. The molecule has 2 heterocycles. The van der Waals surface area contributed by atoms with Crippen LogP contribution in [0.1, 0.15) is 56.2 Å². The third-order valence-electron chi connectivity index (χ3n) is 6.75. The van der Waals surface area contributed by atoms with Crippen LogP contribution in [-0.2, 0) is 6.42 Å². The molecule has 6 heteroatoms. The first-order chi connectivity index (χ1) is 14.0. The number of aromatic nitrogens is 1. The first-order valence-corrected chi connectivity index (χ1v) is 12.3. The number of rotatable bonds is 5. The lowest BCUT2D eigenvalue weighted by molar-refractivity contribution is 0.104. The van der Waals surface area contributed by atoms with Crippen molar-refractivity contribution in [3.8, 4) is 0 Å². The molecule has 2 aromatic rings. The van der Waals surface area contributed by atoms with Crippen molar-refractivity contribution < 1.29 is 0 Å². The summed E-state index contributed by atoms with van der Waals surface area (Å²) in [4.78, 5) is 8.55. The fourth-order valence-corrected chi connectivity index (χ4v) is 6.49. The van der Waals surface area contributed by atoms with E-state index in [-0.39, 0.29) is 0 Å². The Labute approximate surface area is 188 Å². The maximum absolute atomic E-state index is 5.74. The number of aromatic amines is 1. The van der Waals surface area contributed by atoms with Gasteiger partial charge in [-0.25, -0.2) is 0 Å². The third kappa shape index (κ3) is 3.84.